The molecule has 3 aliphatic rings. The minimum absolute atomic E-state index is 0.203. The summed E-state index contributed by atoms with van der Waals surface area (Å²) < 4.78 is 69.7. The molecule has 168 valence electrons. The van der Waals surface area contributed by atoms with Gasteiger partial charge in [0.25, 0.3) is 0 Å². The van der Waals surface area contributed by atoms with Crippen molar-refractivity contribution in [2.45, 2.75) is 75.0 Å². The minimum Gasteiger partial charge on any atom is -0.300 e. The van der Waals surface area contributed by atoms with E-state index in [-0.39, 0.29) is 17.9 Å². The molecular weight excluding hydrogens is 413 g/mol. The molecule has 0 N–H and O–H groups in total. The number of alkyl halides is 3. The summed E-state index contributed by atoms with van der Waals surface area (Å²) in [5, 5.41) is 0. The zero-order valence-electron chi connectivity index (χ0n) is 17.4. The van der Waals surface area contributed by atoms with Crippen LogP contribution in [0.5, 0.6) is 0 Å². The Morgan fingerprint density at radius 2 is 1.80 bits per heavy atom. The fraction of sp³-hybridized carbons (Fsp3) is 0.727. The molecule has 4 rings (SSSR count). The highest BCUT2D eigenvalue weighted by molar-refractivity contribution is 7.89. The van der Waals surface area contributed by atoms with Crippen molar-refractivity contribution in [2.24, 2.45) is 11.8 Å². The van der Waals surface area contributed by atoms with E-state index in [0.29, 0.717) is 19.0 Å². The van der Waals surface area contributed by atoms with Gasteiger partial charge in [0.1, 0.15) is 0 Å². The van der Waals surface area contributed by atoms with Crippen molar-refractivity contribution in [1.82, 2.24) is 9.21 Å². The van der Waals surface area contributed by atoms with Crippen molar-refractivity contribution in [1.29, 1.82) is 0 Å². The summed E-state index contributed by atoms with van der Waals surface area (Å²) in [6, 6.07) is 4.79. The molecule has 3 saturated heterocycles. The maximum Gasteiger partial charge on any atom is 0.417 e. The van der Waals surface area contributed by atoms with Crippen LogP contribution in [0, 0.1) is 11.8 Å². The van der Waals surface area contributed by atoms with Gasteiger partial charge >= 0.3 is 6.18 Å². The van der Waals surface area contributed by atoms with Crippen LogP contribution in [0.1, 0.15) is 57.4 Å². The van der Waals surface area contributed by atoms with Crippen molar-refractivity contribution in [3.05, 3.63) is 29.8 Å². The molecular formula is C22H31F3N2O2S. The zero-order valence-corrected chi connectivity index (χ0v) is 18.3. The smallest absolute Gasteiger partial charge is 0.300 e. The van der Waals surface area contributed by atoms with Gasteiger partial charge in [0.2, 0.25) is 10.0 Å². The van der Waals surface area contributed by atoms with Crippen LogP contribution < -0.4 is 0 Å². The van der Waals surface area contributed by atoms with Gasteiger partial charge in [-0.25, -0.2) is 8.42 Å². The molecule has 30 heavy (non-hydrogen) atoms. The van der Waals surface area contributed by atoms with Crippen molar-refractivity contribution in [3.63, 3.8) is 0 Å². The highest BCUT2D eigenvalue weighted by atomic mass is 32.2. The molecule has 0 amide bonds. The van der Waals surface area contributed by atoms with E-state index in [1.54, 1.807) is 0 Å². The Morgan fingerprint density at radius 1 is 1.10 bits per heavy atom. The van der Waals surface area contributed by atoms with Gasteiger partial charge in [-0.15, -0.1) is 0 Å². The highest BCUT2D eigenvalue weighted by Crippen LogP contribution is 2.46. The Bertz CT molecular complexity index is 856. The fourth-order valence-electron chi connectivity index (χ4n) is 6.06. The summed E-state index contributed by atoms with van der Waals surface area (Å²) in [4.78, 5) is 1.93. The maximum atomic E-state index is 13.7. The van der Waals surface area contributed by atoms with Crippen molar-refractivity contribution < 1.29 is 21.6 Å². The number of hydrogen-bond acceptors (Lipinski definition) is 3. The van der Waals surface area contributed by atoms with Crippen LogP contribution in [0.15, 0.2) is 29.2 Å². The summed E-state index contributed by atoms with van der Waals surface area (Å²) in [6.45, 7) is 4.52. The SMILES string of the molecule is CCCC[C@@H]1[C@H]2CCCN3CCC[C@@H](CN1S(=O)(=O)c1ccccc1C(F)(F)F)[C@@H]23. The summed E-state index contributed by atoms with van der Waals surface area (Å²) in [6.07, 6.45) is 1.80. The molecule has 0 radical (unpaired) electrons. The molecule has 3 aliphatic heterocycles. The summed E-state index contributed by atoms with van der Waals surface area (Å²) >= 11 is 0. The Kier molecular flexibility index (Phi) is 6.21. The first kappa shape index (κ1) is 22.1. The van der Waals surface area contributed by atoms with E-state index >= 15 is 0 Å². The average Bonchev–Trinajstić information content (AvgIpc) is 2.72. The van der Waals surface area contributed by atoms with E-state index < -0.39 is 26.7 Å². The van der Waals surface area contributed by atoms with E-state index in [2.05, 4.69) is 11.8 Å². The third-order valence-corrected chi connectivity index (χ3v) is 9.21. The van der Waals surface area contributed by atoms with Gasteiger partial charge in [0, 0.05) is 18.6 Å². The molecule has 1 aromatic rings. The largest absolute Gasteiger partial charge is 0.417 e. The van der Waals surface area contributed by atoms with Gasteiger partial charge in [-0.3, -0.25) is 4.90 Å². The van der Waals surface area contributed by atoms with Crippen molar-refractivity contribution in [3.8, 4) is 0 Å². The van der Waals surface area contributed by atoms with E-state index in [1.807, 2.05) is 0 Å². The van der Waals surface area contributed by atoms with Crippen LogP contribution in [0.3, 0.4) is 0 Å². The molecule has 4 atom stereocenters. The molecule has 0 aromatic heterocycles. The van der Waals surface area contributed by atoms with Gasteiger partial charge in [0.15, 0.2) is 0 Å². The molecule has 0 bridgehead atoms. The molecule has 0 aliphatic carbocycles. The Labute approximate surface area is 177 Å². The predicted molar refractivity (Wildman–Crippen MR) is 109 cm³/mol. The number of benzene rings is 1. The summed E-state index contributed by atoms with van der Waals surface area (Å²) in [7, 11) is -4.25. The van der Waals surface area contributed by atoms with E-state index in [4.69, 9.17) is 0 Å². The normalized spacial score (nSPS) is 30.8. The van der Waals surface area contributed by atoms with Gasteiger partial charge in [-0.05, 0) is 69.2 Å². The van der Waals surface area contributed by atoms with Gasteiger partial charge in [-0.2, -0.15) is 17.5 Å². The number of nitrogens with zero attached hydrogens (tertiary/aromatic N) is 2. The van der Waals surface area contributed by atoms with Crippen LogP contribution in [-0.2, 0) is 16.2 Å². The first-order chi connectivity index (χ1) is 14.2. The molecule has 0 spiro atoms. The van der Waals surface area contributed by atoms with E-state index in [9.17, 15) is 21.6 Å². The maximum absolute atomic E-state index is 13.7. The van der Waals surface area contributed by atoms with Gasteiger partial charge < -0.3 is 0 Å². The van der Waals surface area contributed by atoms with Crippen molar-refractivity contribution >= 4 is 10.0 Å². The second-order valence-corrected chi connectivity index (χ2v) is 10.9. The highest BCUT2D eigenvalue weighted by Gasteiger charge is 2.52. The summed E-state index contributed by atoms with van der Waals surface area (Å²) in [5.41, 5.74) is -1.06. The number of sulfonamides is 1. The van der Waals surface area contributed by atoms with Crippen LogP contribution in [0.4, 0.5) is 13.2 Å². The lowest BCUT2D eigenvalue weighted by Gasteiger charge is -2.57. The topological polar surface area (TPSA) is 40.6 Å². The lowest BCUT2D eigenvalue weighted by Crippen LogP contribution is -2.65. The quantitative estimate of drug-likeness (QED) is 0.658. The predicted octanol–water partition coefficient (Wildman–Crippen LogP) is 4.76. The third kappa shape index (κ3) is 3.91. The van der Waals surface area contributed by atoms with E-state index in [1.165, 1.54) is 16.4 Å². The van der Waals surface area contributed by atoms with Crippen LogP contribution >= 0.6 is 0 Å². The van der Waals surface area contributed by atoms with Gasteiger partial charge in [-0.1, -0.05) is 31.9 Å². The number of halogens is 3. The van der Waals surface area contributed by atoms with E-state index in [0.717, 1.165) is 63.7 Å². The zero-order chi connectivity index (χ0) is 21.5. The lowest BCUT2D eigenvalue weighted by atomic mass is 9.70. The van der Waals surface area contributed by atoms with Crippen molar-refractivity contribution in [2.75, 3.05) is 19.6 Å². The van der Waals surface area contributed by atoms with Crippen LogP contribution in [0.25, 0.3) is 0 Å². The second kappa shape index (κ2) is 8.43. The Hall–Kier alpha value is -1.12. The average molecular weight is 445 g/mol. The van der Waals surface area contributed by atoms with Crippen LogP contribution in [0.2, 0.25) is 0 Å². The standard InChI is InChI=1S/C22H31F3N2O2S/c1-2-3-11-19-17-9-7-14-26-13-6-8-16(21(17)26)15-27(19)30(28,29)20-12-5-4-10-18(20)22(23,24)25/h4-5,10,12,16-17,19,21H,2-3,6-9,11,13-15H2,1H3/t16-,17+,19+,21-/m0/s1. The monoisotopic (exact) mass is 444 g/mol. The molecule has 4 nitrogen and oxygen atoms in total. The molecule has 1 aromatic carbocycles. The number of hydrogen-bond donors (Lipinski definition) is 0. The number of piperidine rings is 3. The van der Waals surface area contributed by atoms with Gasteiger partial charge in [0.05, 0.1) is 10.5 Å². The molecule has 0 unspecified atom stereocenters. The third-order valence-electron chi connectivity index (χ3n) is 7.26. The summed E-state index contributed by atoms with van der Waals surface area (Å²) in [5.74, 6) is 0.409. The molecule has 0 saturated carbocycles. The minimum atomic E-state index is -4.70. The van der Waals surface area contributed by atoms with Crippen LogP contribution in [-0.4, -0.2) is 49.3 Å². The fourth-order valence-corrected chi connectivity index (χ4v) is 8.03. The first-order valence-electron chi connectivity index (χ1n) is 11.2. The molecule has 8 heteroatoms. The first-order valence-corrected chi connectivity index (χ1v) is 12.6. The lowest BCUT2D eigenvalue weighted by molar-refractivity contribution is -0.140. The Morgan fingerprint density at radius 3 is 2.50 bits per heavy atom. The molecule has 3 heterocycles. The molecule has 3 fully saturated rings. The number of unbranched alkanes of at least 4 members (excludes halogenated alkanes) is 1. The Balaban J connectivity index is 1.76. The number of rotatable bonds is 5. The second-order valence-electron chi connectivity index (χ2n) is 9.01.